The molecule has 0 radical (unpaired) electrons. The molecule has 102 valence electrons. The summed E-state index contributed by atoms with van der Waals surface area (Å²) in [6.07, 6.45) is 2.30. The molecule has 0 saturated carbocycles. The van der Waals surface area contributed by atoms with Crippen LogP contribution in [0.2, 0.25) is 0 Å². The molecular weight excluding hydrogens is 238 g/mol. The summed E-state index contributed by atoms with van der Waals surface area (Å²) in [4.78, 5) is 16.4. The molecule has 0 aliphatic carbocycles. The van der Waals surface area contributed by atoms with Gasteiger partial charge in [-0.1, -0.05) is 6.92 Å². The Morgan fingerprint density at radius 2 is 2.18 bits per heavy atom. The summed E-state index contributed by atoms with van der Waals surface area (Å²) in [5.74, 6) is 0.395. The van der Waals surface area contributed by atoms with Crippen LogP contribution in [0.4, 0.5) is 0 Å². The molecule has 0 aromatic carbocycles. The molecule has 1 amide bonds. The number of halogens is 1. The summed E-state index contributed by atoms with van der Waals surface area (Å²) in [7, 11) is 6.03. The van der Waals surface area contributed by atoms with E-state index in [9.17, 15) is 4.79 Å². The van der Waals surface area contributed by atoms with Crippen molar-refractivity contribution >= 4 is 18.3 Å². The van der Waals surface area contributed by atoms with Gasteiger partial charge in [0.15, 0.2) is 0 Å². The first kappa shape index (κ1) is 16.7. The highest BCUT2D eigenvalue weighted by Crippen LogP contribution is 2.20. The first-order valence-corrected chi connectivity index (χ1v) is 6.16. The van der Waals surface area contributed by atoms with Crippen molar-refractivity contribution in [2.75, 3.05) is 40.8 Å². The van der Waals surface area contributed by atoms with Crippen molar-refractivity contribution in [3.8, 4) is 0 Å². The minimum atomic E-state index is 0. The molecule has 0 aromatic heterocycles. The number of nitrogens with zero attached hydrogens (tertiary/aromatic N) is 2. The normalized spacial score (nSPS) is 21.5. The Morgan fingerprint density at radius 1 is 1.53 bits per heavy atom. The Morgan fingerprint density at radius 3 is 2.71 bits per heavy atom. The van der Waals surface area contributed by atoms with Gasteiger partial charge in [-0.3, -0.25) is 4.79 Å². The third-order valence-corrected chi connectivity index (χ3v) is 3.17. The van der Waals surface area contributed by atoms with Crippen LogP contribution in [0.1, 0.15) is 19.8 Å². The van der Waals surface area contributed by atoms with E-state index in [1.807, 2.05) is 14.0 Å². The monoisotopic (exact) mass is 263 g/mol. The van der Waals surface area contributed by atoms with E-state index in [0.29, 0.717) is 11.9 Å². The smallest absolute Gasteiger partial charge is 0.226 e. The molecule has 1 aliphatic rings. The third-order valence-electron chi connectivity index (χ3n) is 3.17. The minimum Gasteiger partial charge on any atom is -0.338 e. The van der Waals surface area contributed by atoms with E-state index >= 15 is 0 Å². The van der Waals surface area contributed by atoms with Crippen LogP contribution in [0.3, 0.4) is 0 Å². The Labute approximate surface area is 111 Å². The number of nitrogens with one attached hydrogen (secondary N) is 1. The number of likely N-dealkylation sites (N-methyl/N-ethyl adjacent to an activating group) is 1. The lowest BCUT2D eigenvalue weighted by Gasteiger charge is -2.29. The van der Waals surface area contributed by atoms with Gasteiger partial charge in [0.25, 0.3) is 0 Å². The van der Waals surface area contributed by atoms with Crippen LogP contribution < -0.4 is 5.32 Å². The molecule has 2 atom stereocenters. The van der Waals surface area contributed by atoms with E-state index < -0.39 is 0 Å². The zero-order chi connectivity index (χ0) is 12.1. The van der Waals surface area contributed by atoms with E-state index in [1.165, 1.54) is 0 Å². The van der Waals surface area contributed by atoms with Crippen LogP contribution in [-0.2, 0) is 4.79 Å². The molecule has 0 bridgehead atoms. The number of carbonyl (C=O) groups excluding carboxylic acids is 1. The van der Waals surface area contributed by atoms with E-state index in [4.69, 9.17) is 0 Å². The molecule has 2 unspecified atom stereocenters. The van der Waals surface area contributed by atoms with Crippen molar-refractivity contribution < 1.29 is 4.79 Å². The Balaban J connectivity index is 0.00000256. The van der Waals surface area contributed by atoms with Gasteiger partial charge in [-0.05, 0) is 34.0 Å². The predicted octanol–water partition coefficient (Wildman–Crippen LogP) is 0.816. The van der Waals surface area contributed by atoms with Crippen LogP contribution in [-0.4, -0.2) is 62.5 Å². The van der Waals surface area contributed by atoms with Gasteiger partial charge in [0.05, 0.1) is 0 Å². The molecule has 17 heavy (non-hydrogen) atoms. The van der Waals surface area contributed by atoms with Crippen LogP contribution in [0.5, 0.6) is 0 Å². The highest BCUT2D eigenvalue weighted by atomic mass is 35.5. The Bertz CT molecular complexity index is 236. The number of amides is 1. The lowest BCUT2D eigenvalue weighted by Crippen LogP contribution is -2.45. The van der Waals surface area contributed by atoms with E-state index in [0.717, 1.165) is 32.5 Å². The number of hydrogen-bond acceptors (Lipinski definition) is 3. The summed E-state index contributed by atoms with van der Waals surface area (Å²) in [6.45, 7) is 4.69. The van der Waals surface area contributed by atoms with Gasteiger partial charge >= 0.3 is 0 Å². The molecule has 1 rings (SSSR count). The SMILES string of the molecule is CNCC(C)C(=O)N1CCCC1CN(C)C.Cl. The predicted molar refractivity (Wildman–Crippen MR) is 73.6 cm³/mol. The zero-order valence-electron chi connectivity index (χ0n) is 11.4. The van der Waals surface area contributed by atoms with Crippen molar-refractivity contribution in [2.45, 2.75) is 25.8 Å². The zero-order valence-corrected chi connectivity index (χ0v) is 12.2. The van der Waals surface area contributed by atoms with Crippen molar-refractivity contribution in [3.05, 3.63) is 0 Å². The molecule has 1 aliphatic heterocycles. The van der Waals surface area contributed by atoms with Crippen LogP contribution >= 0.6 is 12.4 Å². The standard InChI is InChI=1S/C12H25N3O.ClH/c1-10(8-13-2)12(16)15-7-5-6-11(15)9-14(3)4;/h10-11,13H,5-9H2,1-4H3;1H. The number of likely N-dealkylation sites (tertiary alicyclic amines) is 1. The van der Waals surface area contributed by atoms with Gasteiger partial charge in [-0.15, -0.1) is 12.4 Å². The lowest BCUT2D eigenvalue weighted by atomic mass is 10.1. The maximum Gasteiger partial charge on any atom is 0.226 e. The molecule has 1 fully saturated rings. The van der Waals surface area contributed by atoms with Crippen molar-refractivity contribution in [1.29, 1.82) is 0 Å². The quantitative estimate of drug-likeness (QED) is 0.798. The van der Waals surface area contributed by atoms with Crippen molar-refractivity contribution in [3.63, 3.8) is 0 Å². The first-order chi connectivity index (χ1) is 7.56. The lowest BCUT2D eigenvalue weighted by molar-refractivity contribution is -0.135. The Hall–Kier alpha value is -0.320. The largest absolute Gasteiger partial charge is 0.338 e. The van der Waals surface area contributed by atoms with E-state index in [1.54, 1.807) is 0 Å². The molecule has 4 nitrogen and oxygen atoms in total. The van der Waals surface area contributed by atoms with Crippen LogP contribution in [0.25, 0.3) is 0 Å². The maximum absolute atomic E-state index is 12.2. The molecular formula is C12H26ClN3O. The maximum atomic E-state index is 12.2. The van der Waals surface area contributed by atoms with E-state index in [2.05, 4.69) is 29.2 Å². The highest BCUT2D eigenvalue weighted by Gasteiger charge is 2.31. The number of hydrogen-bond donors (Lipinski definition) is 1. The van der Waals surface area contributed by atoms with Crippen LogP contribution in [0, 0.1) is 5.92 Å². The minimum absolute atomic E-state index is 0. The summed E-state index contributed by atoms with van der Waals surface area (Å²) >= 11 is 0. The van der Waals surface area contributed by atoms with Gasteiger partial charge < -0.3 is 15.1 Å². The third kappa shape index (κ3) is 4.82. The summed E-state index contributed by atoms with van der Waals surface area (Å²) in [6, 6.07) is 0.418. The molecule has 1 saturated heterocycles. The number of carbonyl (C=O) groups is 1. The average Bonchev–Trinajstić information content (AvgIpc) is 2.64. The molecule has 1 heterocycles. The van der Waals surface area contributed by atoms with Gasteiger partial charge in [-0.2, -0.15) is 0 Å². The summed E-state index contributed by atoms with van der Waals surface area (Å²) < 4.78 is 0. The second-order valence-electron chi connectivity index (χ2n) is 5.05. The fraction of sp³-hybridized carbons (Fsp3) is 0.917. The summed E-state index contributed by atoms with van der Waals surface area (Å²) in [5, 5.41) is 3.07. The molecule has 0 aromatic rings. The van der Waals surface area contributed by atoms with E-state index in [-0.39, 0.29) is 18.3 Å². The molecule has 1 N–H and O–H groups in total. The highest BCUT2D eigenvalue weighted by molar-refractivity contribution is 5.85. The van der Waals surface area contributed by atoms with Gasteiger partial charge in [0.1, 0.15) is 0 Å². The van der Waals surface area contributed by atoms with Crippen molar-refractivity contribution in [2.24, 2.45) is 5.92 Å². The van der Waals surface area contributed by atoms with Gasteiger partial charge in [0.2, 0.25) is 5.91 Å². The Kier molecular flexibility index (Phi) is 7.75. The first-order valence-electron chi connectivity index (χ1n) is 6.16. The van der Waals surface area contributed by atoms with Gasteiger partial charge in [-0.25, -0.2) is 0 Å². The average molecular weight is 264 g/mol. The topological polar surface area (TPSA) is 35.6 Å². The van der Waals surface area contributed by atoms with Crippen LogP contribution in [0.15, 0.2) is 0 Å². The summed E-state index contributed by atoms with van der Waals surface area (Å²) in [5.41, 5.74) is 0. The van der Waals surface area contributed by atoms with Gasteiger partial charge in [0, 0.05) is 31.6 Å². The molecule has 5 heteroatoms. The fourth-order valence-electron chi connectivity index (χ4n) is 2.41. The fourth-order valence-corrected chi connectivity index (χ4v) is 2.41. The second-order valence-corrected chi connectivity index (χ2v) is 5.05. The molecule has 0 spiro atoms. The second kappa shape index (κ2) is 7.90. The van der Waals surface area contributed by atoms with Crippen molar-refractivity contribution in [1.82, 2.24) is 15.1 Å². The number of rotatable bonds is 5.